The van der Waals surface area contributed by atoms with Gasteiger partial charge in [0.1, 0.15) is 12.2 Å². The Morgan fingerprint density at radius 2 is 2.10 bits per heavy atom. The quantitative estimate of drug-likeness (QED) is 0.802. The van der Waals surface area contributed by atoms with Crippen molar-refractivity contribution in [3.63, 3.8) is 0 Å². The number of rotatable bonds is 3. The first-order chi connectivity index (χ1) is 9.29. The number of aromatic nitrogens is 3. The zero-order valence-corrected chi connectivity index (χ0v) is 11.9. The molecule has 2 rings (SSSR count). The highest BCUT2D eigenvalue weighted by Gasteiger charge is 2.31. The van der Waals surface area contributed by atoms with Gasteiger partial charge in [0.2, 0.25) is 0 Å². The molecule has 106 valence electrons. The maximum atomic E-state index is 12.7. The van der Waals surface area contributed by atoms with Gasteiger partial charge in [-0.25, -0.2) is 4.98 Å². The molecule has 0 aliphatic rings. The van der Waals surface area contributed by atoms with Crippen LogP contribution in [0.3, 0.4) is 0 Å². The van der Waals surface area contributed by atoms with Crippen LogP contribution in [-0.4, -0.2) is 20.5 Å². The minimum atomic E-state index is -4.49. The molecule has 1 heterocycles. The van der Waals surface area contributed by atoms with E-state index in [1.54, 1.807) is 7.05 Å². The van der Waals surface area contributed by atoms with Crippen LogP contribution < -0.4 is 0 Å². The summed E-state index contributed by atoms with van der Waals surface area (Å²) < 4.78 is 39.7. The molecule has 0 spiro atoms. The summed E-state index contributed by atoms with van der Waals surface area (Å²) in [4.78, 5) is 16.0. The van der Waals surface area contributed by atoms with E-state index in [1.807, 2.05) is 0 Å². The Kier molecular flexibility index (Phi) is 3.94. The number of hydrogen-bond donors (Lipinski definition) is 0. The van der Waals surface area contributed by atoms with Crippen LogP contribution in [0.25, 0.3) is 0 Å². The number of ketones is 1. The van der Waals surface area contributed by atoms with Gasteiger partial charge in [-0.3, -0.25) is 9.48 Å². The van der Waals surface area contributed by atoms with E-state index in [2.05, 4.69) is 26.0 Å². The SMILES string of the molecule is Cn1ncnc1CC(=O)c1cc(C(F)(F)F)ccc1Br. The molecule has 0 bridgehead atoms. The largest absolute Gasteiger partial charge is 0.416 e. The Morgan fingerprint density at radius 1 is 1.40 bits per heavy atom. The third kappa shape index (κ3) is 3.06. The first-order valence-corrected chi connectivity index (χ1v) is 6.31. The van der Waals surface area contributed by atoms with Crippen molar-refractivity contribution in [1.29, 1.82) is 0 Å². The van der Waals surface area contributed by atoms with Gasteiger partial charge in [-0.15, -0.1) is 0 Å². The van der Waals surface area contributed by atoms with Crippen LogP contribution in [0.15, 0.2) is 29.0 Å². The van der Waals surface area contributed by atoms with Crippen molar-refractivity contribution in [3.8, 4) is 0 Å². The Balaban J connectivity index is 2.32. The van der Waals surface area contributed by atoms with Crippen molar-refractivity contribution >= 4 is 21.7 Å². The van der Waals surface area contributed by atoms with E-state index >= 15 is 0 Å². The Bertz CT molecular complexity index is 652. The molecule has 0 radical (unpaired) electrons. The molecular weight excluding hydrogens is 339 g/mol. The van der Waals surface area contributed by atoms with Crippen molar-refractivity contribution in [2.24, 2.45) is 7.05 Å². The first kappa shape index (κ1) is 14.7. The van der Waals surface area contributed by atoms with Crippen LogP contribution in [0.1, 0.15) is 21.7 Å². The molecule has 0 unspecified atom stereocenters. The molecule has 0 saturated heterocycles. The molecule has 0 N–H and O–H groups in total. The highest BCUT2D eigenvalue weighted by Crippen LogP contribution is 2.32. The monoisotopic (exact) mass is 347 g/mol. The summed E-state index contributed by atoms with van der Waals surface area (Å²) in [6.45, 7) is 0. The molecule has 1 aromatic heterocycles. The van der Waals surface area contributed by atoms with Gasteiger partial charge < -0.3 is 0 Å². The lowest BCUT2D eigenvalue weighted by molar-refractivity contribution is -0.137. The number of carbonyl (C=O) groups is 1. The second kappa shape index (κ2) is 5.35. The predicted octanol–water partition coefficient (Wildman–Crippen LogP) is 3.02. The predicted molar refractivity (Wildman–Crippen MR) is 68.2 cm³/mol. The second-order valence-corrected chi connectivity index (χ2v) is 4.95. The molecular formula is C12H9BrF3N3O. The van der Waals surface area contributed by atoms with E-state index in [1.165, 1.54) is 17.1 Å². The fraction of sp³-hybridized carbons (Fsp3) is 0.250. The lowest BCUT2D eigenvalue weighted by Gasteiger charge is -2.10. The highest BCUT2D eigenvalue weighted by atomic mass is 79.9. The van der Waals surface area contributed by atoms with Crippen LogP contribution >= 0.6 is 15.9 Å². The number of halogens is 4. The maximum Gasteiger partial charge on any atom is 0.416 e. The number of alkyl halides is 3. The summed E-state index contributed by atoms with van der Waals surface area (Å²) in [6.07, 6.45) is -3.32. The molecule has 4 nitrogen and oxygen atoms in total. The topological polar surface area (TPSA) is 47.8 Å². The van der Waals surface area contributed by atoms with Gasteiger partial charge in [0.05, 0.1) is 12.0 Å². The molecule has 8 heteroatoms. The van der Waals surface area contributed by atoms with Crippen LogP contribution in [0.2, 0.25) is 0 Å². The summed E-state index contributed by atoms with van der Waals surface area (Å²) in [6, 6.07) is 2.97. The lowest BCUT2D eigenvalue weighted by atomic mass is 10.0. The molecule has 0 atom stereocenters. The molecule has 0 saturated carbocycles. The van der Waals surface area contributed by atoms with E-state index in [0.717, 1.165) is 12.1 Å². The van der Waals surface area contributed by atoms with E-state index in [0.29, 0.717) is 10.3 Å². The zero-order chi connectivity index (χ0) is 14.9. The lowest BCUT2D eigenvalue weighted by Crippen LogP contribution is -2.12. The molecule has 0 fully saturated rings. The maximum absolute atomic E-state index is 12.7. The van der Waals surface area contributed by atoms with Crippen molar-refractivity contribution < 1.29 is 18.0 Å². The minimum Gasteiger partial charge on any atom is -0.294 e. The molecule has 1 aromatic carbocycles. The summed E-state index contributed by atoms with van der Waals surface area (Å²) >= 11 is 3.09. The van der Waals surface area contributed by atoms with E-state index in [4.69, 9.17) is 0 Å². The van der Waals surface area contributed by atoms with Gasteiger partial charge in [-0.05, 0) is 18.2 Å². The number of benzene rings is 1. The number of carbonyl (C=O) groups excluding carboxylic acids is 1. The van der Waals surface area contributed by atoms with Gasteiger partial charge >= 0.3 is 6.18 Å². The summed E-state index contributed by atoms with van der Waals surface area (Å²) in [5, 5.41) is 3.80. The molecule has 0 amide bonds. The molecule has 2 aromatic rings. The summed E-state index contributed by atoms with van der Waals surface area (Å²) in [5.74, 6) is -0.0709. The highest BCUT2D eigenvalue weighted by molar-refractivity contribution is 9.10. The van der Waals surface area contributed by atoms with Crippen molar-refractivity contribution in [1.82, 2.24) is 14.8 Å². The molecule has 20 heavy (non-hydrogen) atoms. The number of Topliss-reactive ketones (excluding diaryl/α,β-unsaturated/α-hetero) is 1. The van der Waals surface area contributed by atoms with E-state index in [-0.39, 0.29) is 12.0 Å². The zero-order valence-electron chi connectivity index (χ0n) is 10.3. The fourth-order valence-corrected chi connectivity index (χ4v) is 2.10. The molecule has 0 aliphatic carbocycles. The third-order valence-corrected chi connectivity index (χ3v) is 3.41. The van der Waals surface area contributed by atoms with Gasteiger partial charge in [-0.1, -0.05) is 15.9 Å². The average molecular weight is 348 g/mol. The van der Waals surface area contributed by atoms with Crippen LogP contribution in [0.4, 0.5) is 13.2 Å². The van der Waals surface area contributed by atoms with E-state index in [9.17, 15) is 18.0 Å². The average Bonchev–Trinajstić information content (AvgIpc) is 2.74. The third-order valence-electron chi connectivity index (χ3n) is 2.72. The van der Waals surface area contributed by atoms with Crippen molar-refractivity contribution in [2.45, 2.75) is 12.6 Å². The summed E-state index contributed by atoms with van der Waals surface area (Å²) in [5.41, 5.74) is -0.884. The van der Waals surface area contributed by atoms with Crippen LogP contribution in [0.5, 0.6) is 0 Å². The smallest absolute Gasteiger partial charge is 0.294 e. The minimum absolute atomic E-state index is 0.0252. The first-order valence-electron chi connectivity index (χ1n) is 5.52. The fourth-order valence-electron chi connectivity index (χ4n) is 1.63. The number of hydrogen-bond acceptors (Lipinski definition) is 3. The standard InChI is InChI=1S/C12H9BrF3N3O/c1-19-11(17-6-18-19)5-10(20)8-4-7(12(14,15)16)2-3-9(8)13/h2-4,6H,5H2,1H3. The van der Waals surface area contributed by atoms with Gasteiger partial charge in [0.15, 0.2) is 5.78 Å². The normalized spacial score (nSPS) is 11.7. The van der Waals surface area contributed by atoms with Gasteiger partial charge in [0.25, 0.3) is 0 Å². The number of aryl methyl sites for hydroxylation is 1. The van der Waals surface area contributed by atoms with Crippen molar-refractivity contribution in [2.75, 3.05) is 0 Å². The number of nitrogens with zero attached hydrogens (tertiary/aromatic N) is 3. The Hall–Kier alpha value is -1.70. The van der Waals surface area contributed by atoms with Crippen molar-refractivity contribution in [3.05, 3.63) is 46.0 Å². The van der Waals surface area contributed by atoms with Crippen LogP contribution in [-0.2, 0) is 19.6 Å². The Labute approximate surface area is 120 Å². The Morgan fingerprint density at radius 3 is 2.65 bits per heavy atom. The van der Waals surface area contributed by atoms with Crippen LogP contribution in [0, 0.1) is 0 Å². The molecule has 0 aliphatic heterocycles. The van der Waals surface area contributed by atoms with Gasteiger partial charge in [0, 0.05) is 17.1 Å². The van der Waals surface area contributed by atoms with E-state index < -0.39 is 17.5 Å². The second-order valence-electron chi connectivity index (χ2n) is 4.09. The summed E-state index contributed by atoms with van der Waals surface area (Å²) in [7, 11) is 1.61. The van der Waals surface area contributed by atoms with Gasteiger partial charge in [-0.2, -0.15) is 18.3 Å².